The number of carbonyl (C=O) groups excluding carboxylic acids is 1. The molecule has 0 aliphatic rings. The van der Waals surface area contributed by atoms with Crippen LogP contribution >= 0.6 is 11.6 Å². The lowest BCUT2D eigenvalue weighted by molar-refractivity contribution is 0.112. The van der Waals surface area contributed by atoms with Crippen molar-refractivity contribution in [1.82, 2.24) is 9.78 Å². The summed E-state index contributed by atoms with van der Waals surface area (Å²) in [6.07, 6.45) is 3.55. The summed E-state index contributed by atoms with van der Waals surface area (Å²) in [4.78, 5) is 10.5. The number of rotatable bonds is 2. The van der Waals surface area contributed by atoms with Crippen LogP contribution in [0, 0.1) is 5.82 Å². The molecule has 0 radical (unpaired) electrons. The lowest BCUT2D eigenvalue weighted by Gasteiger charge is -2.01. The molecule has 2 aromatic rings. The molecular formula is C10H6ClFN2O. The molecule has 0 N–H and O–H groups in total. The number of aromatic nitrogens is 2. The third-order valence-corrected chi connectivity index (χ3v) is 2.05. The first-order chi connectivity index (χ1) is 7.19. The van der Waals surface area contributed by atoms with Gasteiger partial charge in [-0.25, -0.2) is 9.07 Å². The van der Waals surface area contributed by atoms with Crippen LogP contribution in [0.25, 0.3) is 5.69 Å². The summed E-state index contributed by atoms with van der Waals surface area (Å²) in [5.74, 6) is -0.485. The summed E-state index contributed by atoms with van der Waals surface area (Å²) in [6.45, 7) is 0. The highest BCUT2D eigenvalue weighted by Crippen LogP contribution is 2.14. The van der Waals surface area contributed by atoms with E-state index < -0.39 is 5.82 Å². The van der Waals surface area contributed by atoms with Gasteiger partial charge in [-0.3, -0.25) is 4.79 Å². The van der Waals surface area contributed by atoms with E-state index in [1.807, 2.05) is 0 Å². The summed E-state index contributed by atoms with van der Waals surface area (Å²) >= 11 is 5.68. The fourth-order valence-electron chi connectivity index (χ4n) is 1.24. The zero-order valence-corrected chi connectivity index (χ0v) is 8.28. The third-order valence-electron chi connectivity index (χ3n) is 1.86. The van der Waals surface area contributed by atoms with Gasteiger partial charge in [-0.2, -0.15) is 5.10 Å². The normalized spacial score (nSPS) is 10.3. The van der Waals surface area contributed by atoms with Crippen LogP contribution in [0.15, 0.2) is 30.6 Å². The largest absolute Gasteiger partial charge is 0.298 e. The maximum Gasteiger partial charge on any atom is 0.150 e. The molecular weight excluding hydrogens is 219 g/mol. The molecule has 0 bridgehead atoms. The minimum absolute atomic E-state index is 0.261. The van der Waals surface area contributed by atoms with Gasteiger partial charge >= 0.3 is 0 Å². The molecule has 76 valence electrons. The molecule has 0 amide bonds. The van der Waals surface area contributed by atoms with E-state index in [0.29, 0.717) is 17.0 Å². The van der Waals surface area contributed by atoms with Gasteiger partial charge in [-0.1, -0.05) is 11.6 Å². The van der Waals surface area contributed by atoms with Crippen LogP contribution in [0.3, 0.4) is 0 Å². The highest BCUT2D eigenvalue weighted by Gasteiger charge is 2.03. The van der Waals surface area contributed by atoms with E-state index in [1.165, 1.54) is 29.2 Å². The van der Waals surface area contributed by atoms with Crippen molar-refractivity contribution in [1.29, 1.82) is 0 Å². The van der Waals surface area contributed by atoms with Crippen LogP contribution in [0.4, 0.5) is 4.39 Å². The van der Waals surface area contributed by atoms with Crippen LogP contribution in [0.1, 0.15) is 10.4 Å². The van der Waals surface area contributed by atoms with Gasteiger partial charge < -0.3 is 0 Å². The average molecular weight is 225 g/mol. The molecule has 1 aromatic heterocycles. The van der Waals surface area contributed by atoms with Crippen LogP contribution in [-0.2, 0) is 0 Å². The number of hydrogen-bond donors (Lipinski definition) is 0. The van der Waals surface area contributed by atoms with E-state index in [-0.39, 0.29) is 5.56 Å². The fourth-order valence-corrected chi connectivity index (χ4v) is 1.37. The van der Waals surface area contributed by atoms with E-state index >= 15 is 0 Å². The second-order valence-electron chi connectivity index (χ2n) is 2.96. The molecule has 0 aliphatic carbocycles. The maximum atomic E-state index is 13.1. The van der Waals surface area contributed by atoms with Crippen LogP contribution in [0.2, 0.25) is 5.02 Å². The second kappa shape index (κ2) is 3.82. The molecule has 1 heterocycles. The molecule has 15 heavy (non-hydrogen) atoms. The first kappa shape index (κ1) is 9.86. The van der Waals surface area contributed by atoms with E-state index in [1.54, 1.807) is 0 Å². The van der Waals surface area contributed by atoms with Crippen molar-refractivity contribution in [2.75, 3.05) is 0 Å². The van der Waals surface area contributed by atoms with Crippen molar-refractivity contribution >= 4 is 17.9 Å². The maximum absolute atomic E-state index is 13.1. The number of hydrogen-bond acceptors (Lipinski definition) is 2. The fraction of sp³-hybridized carbons (Fsp3) is 0. The van der Waals surface area contributed by atoms with Gasteiger partial charge in [0, 0.05) is 11.8 Å². The zero-order chi connectivity index (χ0) is 10.8. The number of halogens is 2. The van der Waals surface area contributed by atoms with Crippen LogP contribution in [0.5, 0.6) is 0 Å². The first-order valence-corrected chi connectivity index (χ1v) is 4.53. The van der Waals surface area contributed by atoms with E-state index in [9.17, 15) is 9.18 Å². The molecule has 0 fully saturated rings. The molecule has 0 saturated heterocycles. The lowest BCUT2D eigenvalue weighted by Crippen LogP contribution is -1.96. The molecule has 0 aliphatic heterocycles. The predicted octanol–water partition coefficient (Wildman–Crippen LogP) is 2.48. The monoisotopic (exact) mass is 224 g/mol. The Balaban J connectivity index is 2.52. The Morgan fingerprint density at radius 2 is 2.20 bits per heavy atom. The second-order valence-corrected chi connectivity index (χ2v) is 3.40. The Morgan fingerprint density at radius 1 is 1.40 bits per heavy atom. The van der Waals surface area contributed by atoms with Crippen molar-refractivity contribution in [2.45, 2.75) is 0 Å². The van der Waals surface area contributed by atoms with Gasteiger partial charge in [0.1, 0.15) is 12.1 Å². The molecule has 0 spiro atoms. The molecule has 1 aromatic carbocycles. The Hall–Kier alpha value is -1.68. The van der Waals surface area contributed by atoms with E-state index in [2.05, 4.69) is 5.10 Å². The number of carbonyl (C=O) groups is 1. The van der Waals surface area contributed by atoms with Crippen molar-refractivity contribution in [2.24, 2.45) is 0 Å². The molecule has 3 nitrogen and oxygen atoms in total. The average Bonchev–Trinajstić information content (AvgIpc) is 2.64. The van der Waals surface area contributed by atoms with Gasteiger partial charge in [0.2, 0.25) is 0 Å². The van der Waals surface area contributed by atoms with Crippen LogP contribution < -0.4 is 0 Å². The zero-order valence-electron chi connectivity index (χ0n) is 7.52. The Bertz CT molecular complexity index is 510. The van der Waals surface area contributed by atoms with Gasteiger partial charge in [0.25, 0.3) is 0 Å². The molecule has 0 saturated carbocycles. The quantitative estimate of drug-likeness (QED) is 0.735. The smallest absolute Gasteiger partial charge is 0.150 e. The Morgan fingerprint density at radius 3 is 2.80 bits per heavy atom. The molecule has 0 unspecified atom stereocenters. The van der Waals surface area contributed by atoms with Crippen molar-refractivity contribution < 1.29 is 9.18 Å². The van der Waals surface area contributed by atoms with Crippen molar-refractivity contribution in [3.63, 3.8) is 0 Å². The van der Waals surface area contributed by atoms with Crippen molar-refractivity contribution in [3.8, 4) is 5.69 Å². The number of nitrogens with zero attached hydrogens (tertiary/aromatic N) is 2. The summed E-state index contributed by atoms with van der Waals surface area (Å²) in [6, 6.07) is 3.96. The summed E-state index contributed by atoms with van der Waals surface area (Å²) in [5, 5.41) is 4.36. The highest BCUT2D eigenvalue weighted by molar-refractivity contribution is 6.30. The van der Waals surface area contributed by atoms with Gasteiger partial charge in [0.05, 0.1) is 16.9 Å². The molecule has 0 atom stereocenters. The highest BCUT2D eigenvalue weighted by atomic mass is 35.5. The SMILES string of the molecule is O=Cc1cc(F)cc(-n2cc(Cl)cn2)c1. The number of benzene rings is 1. The molecule has 5 heteroatoms. The third kappa shape index (κ3) is 2.05. The minimum atomic E-state index is -0.485. The van der Waals surface area contributed by atoms with Gasteiger partial charge in [-0.05, 0) is 18.2 Å². The van der Waals surface area contributed by atoms with E-state index in [4.69, 9.17) is 11.6 Å². The Kier molecular flexibility index (Phi) is 2.51. The Labute approximate surface area is 90.1 Å². The van der Waals surface area contributed by atoms with Gasteiger partial charge in [0.15, 0.2) is 0 Å². The first-order valence-electron chi connectivity index (χ1n) is 4.15. The summed E-state index contributed by atoms with van der Waals surface area (Å²) in [7, 11) is 0. The summed E-state index contributed by atoms with van der Waals surface area (Å²) in [5.41, 5.74) is 0.723. The predicted molar refractivity (Wildman–Crippen MR) is 53.9 cm³/mol. The van der Waals surface area contributed by atoms with E-state index in [0.717, 1.165) is 6.07 Å². The standard InChI is InChI=1S/C10H6ClFN2O/c11-8-4-13-14(5-8)10-2-7(6-15)1-9(12)3-10/h1-6H. The van der Waals surface area contributed by atoms with Crippen LogP contribution in [-0.4, -0.2) is 16.1 Å². The molecule has 2 rings (SSSR count). The number of aldehydes is 1. The lowest BCUT2D eigenvalue weighted by atomic mass is 10.2. The minimum Gasteiger partial charge on any atom is -0.298 e. The topological polar surface area (TPSA) is 34.9 Å². The van der Waals surface area contributed by atoms with Gasteiger partial charge in [-0.15, -0.1) is 0 Å². The summed E-state index contributed by atoms with van der Waals surface area (Å²) < 4.78 is 14.5. The van der Waals surface area contributed by atoms with Crippen molar-refractivity contribution in [3.05, 3.63) is 47.0 Å².